The Balaban J connectivity index is 1.56. The number of amides is 2. The molecule has 1 aliphatic rings. The summed E-state index contributed by atoms with van der Waals surface area (Å²) < 4.78 is 1.75. The number of nitrogens with zero attached hydrogens (tertiary/aromatic N) is 6. The molecule has 0 bridgehead atoms. The standard InChI is InChI=1S/C19H26N6O2/c1-22(2)18(26)13-23-8-3-9-24(11-10-23)19(27)17-6-4-16(5-7-17)12-25-15-20-14-21-25/h4-7,14-15H,3,8-13H2,1-2H3. The van der Waals surface area contributed by atoms with Crippen LogP contribution in [0.25, 0.3) is 0 Å². The number of benzene rings is 1. The van der Waals surface area contributed by atoms with Gasteiger partial charge in [-0.05, 0) is 24.1 Å². The van der Waals surface area contributed by atoms with E-state index < -0.39 is 0 Å². The molecule has 2 amide bonds. The van der Waals surface area contributed by atoms with Crippen LogP contribution < -0.4 is 0 Å². The first-order chi connectivity index (χ1) is 13.0. The van der Waals surface area contributed by atoms with Crippen molar-refractivity contribution in [3.05, 3.63) is 48.0 Å². The predicted molar refractivity (Wildman–Crippen MR) is 101 cm³/mol. The van der Waals surface area contributed by atoms with E-state index in [0.29, 0.717) is 31.7 Å². The van der Waals surface area contributed by atoms with Gasteiger partial charge in [-0.15, -0.1) is 0 Å². The minimum atomic E-state index is 0.0445. The number of carbonyl (C=O) groups excluding carboxylic acids is 2. The van der Waals surface area contributed by atoms with E-state index in [4.69, 9.17) is 0 Å². The monoisotopic (exact) mass is 370 g/mol. The first-order valence-corrected chi connectivity index (χ1v) is 9.16. The highest BCUT2D eigenvalue weighted by Crippen LogP contribution is 2.12. The van der Waals surface area contributed by atoms with E-state index in [0.717, 1.165) is 25.1 Å². The lowest BCUT2D eigenvalue weighted by Crippen LogP contribution is -2.39. The van der Waals surface area contributed by atoms with Gasteiger partial charge in [0.15, 0.2) is 0 Å². The van der Waals surface area contributed by atoms with Crippen molar-refractivity contribution in [3.63, 3.8) is 0 Å². The summed E-state index contributed by atoms with van der Waals surface area (Å²) in [5, 5.41) is 4.09. The molecule has 0 aliphatic carbocycles. The van der Waals surface area contributed by atoms with Gasteiger partial charge in [0.25, 0.3) is 5.91 Å². The average Bonchev–Trinajstić information content (AvgIpc) is 3.06. The lowest BCUT2D eigenvalue weighted by atomic mass is 10.1. The molecule has 8 nitrogen and oxygen atoms in total. The van der Waals surface area contributed by atoms with E-state index in [9.17, 15) is 9.59 Å². The Morgan fingerprint density at radius 1 is 1.07 bits per heavy atom. The molecule has 0 unspecified atom stereocenters. The second kappa shape index (κ2) is 8.77. The van der Waals surface area contributed by atoms with Crippen molar-refractivity contribution in [2.75, 3.05) is 46.8 Å². The van der Waals surface area contributed by atoms with E-state index in [1.807, 2.05) is 29.2 Å². The summed E-state index contributed by atoms with van der Waals surface area (Å²) in [6.07, 6.45) is 4.05. The first kappa shape index (κ1) is 19.0. The Kier molecular flexibility index (Phi) is 6.18. The van der Waals surface area contributed by atoms with Crippen LogP contribution in [0.3, 0.4) is 0 Å². The molecule has 0 spiro atoms. The van der Waals surface area contributed by atoms with E-state index in [1.165, 1.54) is 6.33 Å². The van der Waals surface area contributed by atoms with E-state index in [2.05, 4.69) is 15.0 Å². The topological polar surface area (TPSA) is 74.6 Å². The fourth-order valence-electron chi connectivity index (χ4n) is 3.10. The van der Waals surface area contributed by atoms with E-state index >= 15 is 0 Å². The molecule has 0 atom stereocenters. The van der Waals surface area contributed by atoms with Crippen molar-refractivity contribution < 1.29 is 9.59 Å². The third-order valence-electron chi connectivity index (χ3n) is 4.75. The zero-order chi connectivity index (χ0) is 19.2. The van der Waals surface area contributed by atoms with Crippen molar-refractivity contribution in [1.29, 1.82) is 0 Å². The molecule has 1 fully saturated rings. The quantitative estimate of drug-likeness (QED) is 0.769. The van der Waals surface area contributed by atoms with Gasteiger partial charge >= 0.3 is 0 Å². The van der Waals surface area contributed by atoms with Crippen LogP contribution in [0.5, 0.6) is 0 Å². The first-order valence-electron chi connectivity index (χ1n) is 9.16. The molecule has 1 aromatic heterocycles. The van der Waals surface area contributed by atoms with Crippen molar-refractivity contribution in [1.82, 2.24) is 29.5 Å². The second-order valence-electron chi connectivity index (χ2n) is 7.00. The van der Waals surface area contributed by atoms with Gasteiger partial charge < -0.3 is 9.80 Å². The average molecular weight is 370 g/mol. The zero-order valence-electron chi connectivity index (χ0n) is 15.9. The van der Waals surface area contributed by atoms with Crippen molar-refractivity contribution in [2.45, 2.75) is 13.0 Å². The summed E-state index contributed by atoms with van der Waals surface area (Å²) in [5.41, 5.74) is 1.76. The number of carbonyl (C=O) groups is 2. The largest absolute Gasteiger partial charge is 0.348 e. The lowest BCUT2D eigenvalue weighted by Gasteiger charge is -2.23. The predicted octanol–water partition coefficient (Wildman–Crippen LogP) is 0.563. The number of aromatic nitrogens is 3. The van der Waals surface area contributed by atoms with Crippen LogP contribution in [0.1, 0.15) is 22.3 Å². The molecule has 1 aromatic carbocycles. The van der Waals surface area contributed by atoms with Crippen molar-refractivity contribution in [3.8, 4) is 0 Å². The molecule has 0 saturated carbocycles. The Labute approximate surface area is 159 Å². The maximum absolute atomic E-state index is 12.8. The van der Waals surface area contributed by atoms with Crippen LogP contribution in [0.4, 0.5) is 0 Å². The Hall–Kier alpha value is -2.74. The number of likely N-dealkylation sites (N-methyl/N-ethyl adjacent to an activating group) is 1. The Morgan fingerprint density at radius 3 is 2.52 bits per heavy atom. The van der Waals surface area contributed by atoms with E-state index in [-0.39, 0.29) is 11.8 Å². The smallest absolute Gasteiger partial charge is 0.253 e. The molecule has 0 N–H and O–H groups in total. The SMILES string of the molecule is CN(C)C(=O)CN1CCCN(C(=O)c2ccc(Cn3cncn3)cc2)CC1. The van der Waals surface area contributed by atoms with Crippen molar-refractivity contribution >= 4 is 11.8 Å². The summed E-state index contributed by atoms with van der Waals surface area (Å²) >= 11 is 0. The molecule has 3 rings (SSSR count). The summed E-state index contributed by atoms with van der Waals surface area (Å²) in [6, 6.07) is 7.64. The van der Waals surface area contributed by atoms with Crippen LogP contribution in [0, 0.1) is 0 Å². The van der Waals surface area contributed by atoms with Crippen LogP contribution in [0.15, 0.2) is 36.9 Å². The maximum Gasteiger partial charge on any atom is 0.253 e. The third kappa shape index (κ3) is 5.13. The normalized spacial score (nSPS) is 15.4. The van der Waals surface area contributed by atoms with Crippen LogP contribution in [-0.4, -0.2) is 88.1 Å². The summed E-state index contributed by atoms with van der Waals surface area (Å²) in [7, 11) is 3.53. The van der Waals surface area contributed by atoms with Crippen molar-refractivity contribution in [2.24, 2.45) is 0 Å². The Morgan fingerprint density at radius 2 is 1.85 bits per heavy atom. The fourth-order valence-corrected chi connectivity index (χ4v) is 3.10. The molecular formula is C19H26N6O2. The van der Waals surface area contributed by atoms with Crippen LogP contribution >= 0.6 is 0 Å². The van der Waals surface area contributed by atoms with Gasteiger partial charge in [0.1, 0.15) is 12.7 Å². The highest BCUT2D eigenvalue weighted by atomic mass is 16.2. The molecule has 1 saturated heterocycles. The molecule has 2 heterocycles. The number of hydrogen-bond acceptors (Lipinski definition) is 5. The highest BCUT2D eigenvalue weighted by Gasteiger charge is 2.21. The molecular weight excluding hydrogens is 344 g/mol. The maximum atomic E-state index is 12.8. The molecule has 1 aliphatic heterocycles. The molecule has 0 radical (unpaired) electrons. The Bertz CT molecular complexity index is 757. The van der Waals surface area contributed by atoms with Crippen LogP contribution in [-0.2, 0) is 11.3 Å². The highest BCUT2D eigenvalue weighted by molar-refractivity contribution is 5.94. The minimum Gasteiger partial charge on any atom is -0.348 e. The van der Waals surface area contributed by atoms with Gasteiger partial charge in [0.2, 0.25) is 5.91 Å². The van der Waals surface area contributed by atoms with Gasteiger partial charge in [0.05, 0.1) is 13.1 Å². The zero-order valence-corrected chi connectivity index (χ0v) is 15.9. The van der Waals surface area contributed by atoms with Crippen LogP contribution in [0.2, 0.25) is 0 Å². The van der Waals surface area contributed by atoms with Gasteiger partial charge in [-0.25, -0.2) is 9.67 Å². The molecule has 2 aromatic rings. The molecule has 27 heavy (non-hydrogen) atoms. The van der Waals surface area contributed by atoms with Gasteiger partial charge in [0, 0.05) is 45.8 Å². The summed E-state index contributed by atoms with van der Waals surface area (Å²) in [5.74, 6) is 0.140. The van der Waals surface area contributed by atoms with E-state index in [1.54, 1.807) is 30.0 Å². The fraction of sp³-hybridized carbons (Fsp3) is 0.474. The third-order valence-corrected chi connectivity index (χ3v) is 4.75. The number of hydrogen-bond donors (Lipinski definition) is 0. The second-order valence-corrected chi connectivity index (χ2v) is 7.00. The van der Waals surface area contributed by atoms with Gasteiger partial charge in [-0.3, -0.25) is 14.5 Å². The lowest BCUT2D eigenvalue weighted by molar-refractivity contribution is -0.129. The van der Waals surface area contributed by atoms with Gasteiger partial charge in [-0.2, -0.15) is 5.10 Å². The summed E-state index contributed by atoms with van der Waals surface area (Å²) in [4.78, 5) is 34.3. The molecule has 8 heteroatoms. The van der Waals surface area contributed by atoms with Gasteiger partial charge in [-0.1, -0.05) is 12.1 Å². The molecule has 144 valence electrons. The minimum absolute atomic E-state index is 0.0445. The number of rotatable bonds is 5. The summed E-state index contributed by atoms with van der Waals surface area (Å²) in [6.45, 7) is 3.95.